The smallest absolute Gasteiger partial charge is 0.125 e. The second-order valence-corrected chi connectivity index (χ2v) is 11.4. The molecule has 5 rings (SSSR count). The first-order valence-corrected chi connectivity index (χ1v) is 15.7. The number of nitrogens with zero attached hydrogens (tertiary/aromatic N) is 1. The minimum atomic E-state index is -0.752. The van der Waals surface area contributed by atoms with Crippen LogP contribution in [0.4, 0.5) is 0 Å². The van der Waals surface area contributed by atoms with Gasteiger partial charge in [-0.15, -0.1) is 0 Å². The molecule has 0 saturated heterocycles. The summed E-state index contributed by atoms with van der Waals surface area (Å²) < 4.78 is 16.9. The fourth-order valence-electron chi connectivity index (χ4n) is 5.74. The number of hydrogen-bond acceptors (Lipinski definition) is 6. The zero-order valence-electron chi connectivity index (χ0n) is 26.6. The van der Waals surface area contributed by atoms with Crippen molar-refractivity contribution in [1.29, 1.82) is 0 Å². The molecule has 1 unspecified atom stereocenters. The van der Waals surface area contributed by atoms with Crippen molar-refractivity contribution in [3.05, 3.63) is 161 Å². The highest BCUT2D eigenvalue weighted by molar-refractivity contribution is 5.39. The highest BCUT2D eigenvalue weighted by atomic mass is 16.5. The van der Waals surface area contributed by atoms with Gasteiger partial charge in [-0.05, 0) is 77.2 Å². The van der Waals surface area contributed by atoms with Crippen molar-refractivity contribution in [3.8, 4) is 17.2 Å². The molecule has 6 heteroatoms. The lowest BCUT2D eigenvalue weighted by Gasteiger charge is -2.28. The van der Waals surface area contributed by atoms with Gasteiger partial charge >= 0.3 is 0 Å². The van der Waals surface area contributed by atoms with Gasteiger partial charge in [0.2, 0.25) is 0 Å². The fraction of sp³-hybridized carbons (Fsp3) is 0.250. The van der Waals surface area contributed by atoms with Gasteiger partial charge in [-0.3, -0.25) is 4.90 Å². The number of benzene rings is 5. The largest absolute Gasteiger partial charge is 0.497 e. The van der Waals surface area contributed by atoms with Crippen molar-refractivity contribution in [2.24, 2.45) is 0 Å². The molecule has 0 aromatic heterocycles. The predicted octanol–water partition coefficient (Wildman–Crippen LogP) is 7.53. The predicted molar refractivity (Wildman–Crippen MR) is 182 cm³/mol. The van der Waals surface area contributed by atoms with Gasteiger partial charge < -0.3 is 24.4 Å². The molecule has 0 aliphatic heterocycles. The minimum absolute atomic E-state index is 0.134. The van der Waals surface area contributed by atoms with E-state index in [1.165, 1.54) is 16.7 Å². The van der Waals surface area contributed by atoms with Crippen LogP contribution in [-0.2, 0) is 19.8 Å². The summed E-state index contributed by atoms with van der Waals surface area (Å²) in [6.07, 6.45) is 0.0874. The van der Waals surface area contributed by atoms with Crippen LogP contribution >= 0.6 is 0 Å². The normalized spacial score (nSPS) is 11.9. The number of methoxy groups -OCH3 is 2. The molecule has 238 valence electrons. The van der Waals surface area contributed by atoms with Crippen molar-refractivity contribution in [3.63, 3.8) is 0 Å². The standard InChI is InChI=1S/C40H43NO5/c1-44-36-18-13-32(14-19-36)38(33-15-20-37(45-2)21-16-33)23-24-41(26-30-9-5-3-6-10-30)27-39(43)34-17-22-40(35(25-34)28-42)46-29-31-11-7-4-8-12-31/h3-22,25,38-39,42-43H,23-24,26-29H2,1-2H3. The summed E-state index contributed by atoms with van der Waals surface area (Å²) >= 11 is 0. The van der Waals surface area contributed by atoms with Crippen LogP contribution in [0.3, 0.4) is 0 Å². The summed E-state index contributed by atoms with van der Waals surface area (Å²) in [7, 11) is 3.36. The Labute approximate surface area is 272 Å². The highest BCUT2D eigenvalue weighted by Gasteiger charge is 2.20. The van der Waals surface area contributed by atoms with Gasteiger partial charge in [0.05, 0.1) is 26.9 Å². The molecule has 0 fully saturated rings. The average molecular weight is 618 g/mol. The maximum atomic E-state index is 11.5. The Kier molecular flexibility index (Phi) is 11.8. The van der Waals surface area contributed by atoms with E-state index in [9.17, 15) is 10.2 Å². The molecule has 0 saturated carbocycles. The lowest BCUT2D eigenvalue weighted by molar-refractivity contribution is 0.107. The second-order valence-electron chi connectivity index (χ2n) is 11.4. The van der Waals surface area contributed by atoms with Crippen molar-refractivity contribution in [1.82, 2.24) is 4.90 Å². The second kappa shape index (κ2) is 16.6. The maximum Gasteiger partial charge on any atom is 0.125 e. The van der Waals surface area contributed by atoms with Crippen LogP contribution in [0.1, 0.15) is 51.8 Å². The zero-order chi connectivity index (χ0) is 32.1. The maximum absolute atomic E-state index is 11.5. The fourth-order valence-corrected chi connectivity index (χ4v) is 5.74. The lowest BCUT2D eigenvalue weighted by Crippen LogP contribution is -2.30. The molecule has 0 aliphatic carbocycles. The Hall–Kier alpha value is -4.62. The summed E-state index contributed by atoms with van der Waals surface area (Å²) in [5, 5.41) is 21.6. The number of aliphatic hydroxyl groups is 2. The summed E-state index contributed by atoms with van der Waals surface area (Å²) in [6, 6.07) is 42.4. The van der Waals surface area contributed by atoms with Gasteiger partial charge in [-0.25, -0.2) is 0 Å². The molecule has 6 nitrogen and oxygen atoms in total. The Morgan fingerprint density at radius 2 is 1.20 bits per heavy atom. The van der Waals surface area contributed by atoms with E-state index in [0.717, 1.165) is 35.6 Å². The van der Waals surface area contributed by atoms with Crippen LogP contribution in [-0.4, -0.2) is 42.4 Å². The number of hydrogen-bond donors (Lipinski definition) is 2. The van der Waals surface area contributed by atoms with Crippen LogP contribution in [0, 0.1) is 0 Å². The Balaban J connectivity index is 1.34. The topological polar surface area (TPSA) is 71.4 Å². The third-order valence-corrected chi connectivity index (χ3v) is 8.33. The van der Waals surface area contributed by atoms with Crippen LogP contribution in [0.25, 0.3) is 0 Å². The summed E-state index contributed by atoms with van der Waals surface area (Å²) in [4.78, 5) is 2.30. The molecule has 0 heterocycles. The quantitative estimate of drug-likeness (QED) is 0.119. The third-order valence-electron chi connectivity index (χ3n) is 8.33. The third kappa shape index (κ3) is 8.98. The first-order valence-electron chi connectivity index (χ1n) is 15.7. The van der Waals surface area contributed by atoms with Gasteiger partial charge in [0.15, 0.2) is 0 Å². The molecule has 5 aromatic rings. The average Bonchev–Trinajstić information content (AvgIpc) is 3.12. The van der Waals surface area contributed by atoms with Crippen LogP contribution in [0.15, 0.2) is 127 Å². The van der Waals surface area contributed by atoms with Gasteiger partial charge in [-0.2, -0.15) is 0 Å². The molecular weight excluding hydrogens is 574 g/mol. The van der Waals surface area contributed by atoms with E-state index in [1.54, 1.807) is 14.2 Å². The molecule has 2 N–H and O–H groups in total. The molecule has 0 amide bonds. The van der Waals surface area contributed by atoms with Crippen LogP contribution < -0.4 is 14.2 Å². The number of aliphatic hydroxyl groups excluding tert-OH is 2. The van der Waals surface area contributed by atoms with E-state index in [4.69, 9.17) is 14.2 Å². The van der Waals surface area contributed by atoms with Crippen molar-refractivity contribution in [2.45, 2.75) is 38.2 Å². The van der Waals surface area contributed by atoms with Crippen molar-refractivity contribution in [2.75, 3.05) is 27.3 Å². The number of rotatable bonds is 16. The molecule has 0 aliphatic rings. The first kappa shape index (κ1) is 32.8. The minimum Gasteiger partial charge on any atom is -0.497 e. The van der Waals surface area contributed by atoms with Crippen LogP contribution in [0.5, 0.6) is 17.2 Å². The van der Waals surface area contributed by atoms with E-state index >= 15 is 0 Å². The van der Waals surface area contributed by atoms with Gasteiger partial charge in [0.1, 0.15) is 23.9 Å². The Bertz CT molecular complexity index is 1560. The van der Waals surface area contributed by atoms with Crippen molar-refractivity contribution >= 4 is 0 Å². The van der Waals surface area contributed by atoms with Crippen LogP contribution in [0.2, 0.25) is 0 Å². The van der Waals surface area contributed by atoms with Gasteiger partial charge in [0, 0.05) is 24.6 Å². The van der Waals surface area contributed by atoms with E-state index in [-0.39, 0.29) is 12.5 Å². The molecule has 1 atom stereocenters. The summed E-state index contributed by atoms with van der Waals surface area (Å²) in [6.45, 7) is 2.11. The van der Waals surface area contributed by atoms with E-state index in [0.29, 0.717) is 31.0 Å². The van der Waals surface area contributed by atoms with E-state index in [1.807, 2.05) is 91.0 Å². The molecule has 46 heavy (non-hydrogen) atoms. The lowest BCUT2D eigenvalue weighted by atomic mass is 9.88. The molecule has 5 aromatic carbocycles. The number of ether oxygens (including phenoxy) is 3. The highest BCUT2D eigenvalue weighted by Crippen LogP contribution is 2.32. The molecule has 0 spiro atoms. The Morgan fingerprint density at radius 1 is 0.652 bits per heavy atom. The van der Waals surface area contributed by atoms with Crippen molar-refractivity contribution < 1.29 is 24.4 Å². The van der Waals surface area contributed by atoms with E-state index in [2.05, 4.69) is 41.3 Å². The van der Waals surface area contributed by atoms with Gasteiger partial charge in [-0.1, -0.05) is 91.0 Å². The molecule has 0 bridgehead atoms. The van der Waals surface area contributed by atoms with Gasteiger partial charge in [0.25, 0.3) is 0 Å². The first-order chi connectivity index (χ1) is 22.6. The molecular formula is C40H43NO5. The zero-order valence-corrected chi connectivity index (χ0v) is 26.6. The monoisotopic (exact) mass is 617 g/mol. The van der Waals surface area contributed by atoms with E-state index < -0.39 is 6.10 Å². The SMILES string of the molecule is COc1ccc(C(CCN(Cc2ccccc2)CC(O)c2ccc(OCc3ccccc3)c(CO)c2)c2ccc(OC)cc2)cc1. The Morgan fingerprint density at radius 3 is 1.74 bits per heavy atom. The summed E-state index contributed by atoms with van der Waals surface area (Å²) in [5.41, 5.74) is 6.03. The molecule has 0 radical (unpaired) electrons. The summed E-state index contributed by atoms with van der Waals surface area (Å²) in [5.74, 6) is 2.40.